The number of nitrogens with zero attached hydrogens (tertiary/aromatic N) is 2. The second-order valence-electron chi connectivity index (χ2n) is 3.50. The summed E-state index contributed by atoms with van der Waals surface area (Å²) in [6.45, 7) is 0. The number of fused-ring (bicyclic) bond motifs is 1. The van der Waals surface area contributed by atoms with E-state index >= 15 is 0 Å². The maximum atomic E-state index is 4.32. The van der Waals surface area contributed by atoms with Crippen molar-refractivity contribution in [1.29, 1.82) is 0 Å². The van der Waals surface area contributed by atoms with Gasteiger partial charge in [0.05, 0.1) is 0 Å². The largest absolute Gasteiger partial charge is 0.331 e. The number of hydrogen-bond acceptors (Lipinski definition) is 4. The zero-order valence-electron chi connectivity index (χ0n) is 8.72. The highest BCUT2D eigenvalue weighted by molar-refractivity contribution is 9.10. The summed E-state index contributed by atoms with van der Waals surface area (Å²) < 4.78 is 0.850. The first-order valence-electron chi connectivity index (χ1n) is 5.04. The van der Waals surface area contributed by atoms with E-state index in [0.717, 1.165) is 20.8 Å². The average molecular weight is 306 g/mol. The van der Waals surface area contributed by atoms with Gasteiger partial charge in [0.2, 0.25) is 0 Å². The summed E-state index contributed by atoms with van der Waals surface area (Å²) >= 11 is 4.91. The number of anilines is 2. The first-order chi connectivity index (χ1) is 8.33. The van der Waals surface area contributed by atoms with Crippen LogP contribution in [0, 0.1) is 0 Å². The molecule has 3 nitrogen and oxygen atoms in total. The van der Waals surface area contributed by atoms with E-state index in [9.17, 15) is 0 Å². The van der Waals surface area contributed by atoms with E-state index in [1.807, 2.05) is 29.8 Å². The average Bonchev–Trinajstić information content (AvgIpc) is 2.75. The van der Waals surface area contributed by atoms with Crippen molar-refractivity contribution in [3.8, 4) is 0 Å². The lowest BCUT2D eigenvalue weighted by molar-refractivity contribution is 1.34. The van der Waals surface area contributed by atoms with E-state index in [0.29, 0.717) is 0 Å². The van der Waals surface area contributed by atoms with Gasteiger partial charge in [-0.05, 0) is 33.4 Å². The van der Waals surface area contributed by atoms with Gasteiger partial charge in [0.1, 0.15) is 4.60 Å². The Hall–Kier alpha value is -1.46. The Morgan fingerprint density at radius 3 is 3.00 bits per heavy atom. The summed E-state index contributed by atoms with van der Waals surface area (Å²) in [6.07, 6.45) is 3.66. The molecular weight excluding hydrogens is 298 g/mol. The molecule has 84 valence electrons. The monoisotopic (exact) mass is 305 g/mol. The highest BCUT2D eigenvalue weighted by Gasteiger charge is 2.03. The summed E-state index contributed by atoms with van der Waals surface area (Å²) in [5, 5.41) is 8.39. The van der Waals surface area contributed by atoms with Crippen LogP contribution in [0.15, 0.2) is 46.6 Å². The molecule has 2 aromatic heterocycles. The second-order valence-corrected chi connectivity index (χ2v) is 5.17. The number of thiazole rings is 1. The van der Waals surface area contributed by atoms with Gasteiger partial charge in [-0.25, -0.2) is 4.98 Å². The highest BCUT2D eigenvalue weighted by atomic mass is 79.9. The Morgan fingerprint density at radius 2 is 2.18 bits per heavy atom. The fraction of sp³-hybridized carbons (Fsp3) is 0. The van der Waals surface area contributed by atoms with Gasteiger partial charge in [-0.15, -0.1) is 11.3 Å². The van der Waals surface area contributed by atoms with Gasteiger partial charge >= 0.3 is 0 Å². The highest BCUT2D eigenvalue weighted by Crippen LogP contribution is 2.28. The predicted octanol–water partition coefficient (Wildman–Crippen LogP) is 4.20. The number of benzene rings is 1. The summed E-state index contributed by atoms with van der Waals surface area (Å²) in [5.41, 5.74) is 1.03. The SMILES string of the molecule is Brc1csc(Nc2cccc3ccncc23)n1. The van der Waals surface area contributed by atoms with Crippen LogP contribution in [0.5, 0.6) is 0 Å². The van der Waals surface area contributed by atoms with Crippen molar-refractivity contribution in [3.63, 3.8) is 0 Å². The molecule has 0 saturated carbocycles. The van der Waals surface area contributed by atoms with Crippen LogP contribution >= 0.6 is 27.3 Å². The molecule has 3 aromatic rings. The molecule has 0 saturated heterocycles. The van der Waals surface area contributed by atoms with Crippen molar-refractivity contribution < 1.29 is 0 Å². The van der Waals surface area contributed by atoms with Gasteiger partial charge < -0.3 is 5.32 Å². The number of hydrogen-bond donors (Lipinski definition) is 1. The lowest BCUT2D eigenvalue weighted by Gasteiger charge is -2.06. The molecule has 1 aromatic carbocycles. The molecular formula is C12H8BrN3S. The van der Waals surface area contributed by atoms with Gasteiger partial charge in [-0.3, -0.25) is 4.98 Å². The van der Waals surface area contributed by atoms with Crippen LogP contribution in [0.4, 0.5) is 10.8 Å². The predicted molar refractivity (Wildman–Crippen MR) is 74.8 cm³/mol. The molecule has 0 amide bonds. The molecule has 5 heteroatoms. The first-order valence-corrected chi connectivity index (χ1v) is 6.71. The molecule has 0 atom stereocenters. The van der Waals surface area contributed by atoms with Crippen LogP contribution in [-0.4, -0.2) is 9.97 Å². The van der Waals surface area contributed by atoms with Crippen molar-refractivity contribution in [3.05, 3.63) is 46.6 Å². The van der Waals surface area contributed by atoms with Crippen molar-refractivity contribution in [2.24, 2.45) is 0 Å². The van der Waals surface area contributed by atoms with Crippen LogP contribution in [0.25, 0.3) is 10.8 Å². The Kier molecular flexibility index (Phi) is 2.78. The Morgan fingerprint density at radius 1 is 1.24 bits per heavy atom. The van der Waals surface area contributed by atoms with Gasteiger partial charge in [0, 0.05) is 28.8 Å². The zero-order chi connectivity index (χ0) is 11.7. The van der Waals surface area contributed by atoms with E-state index in [-0.39, 0.29) is 0 Å². The molecule has 17 heavy (non-hydrogen) atoms. The van der Waals surface area contributed by atoms with Crippen molar-refractivity contribution in [2.75, 3.05) is 5.32 Å². The number of nitrogens with one attached hydrogen (secondary N) is 1. The van der Waals surface area contributed by atoms with E-state index < -0.39 is 0 Å². The normalized spacial score (nSPS) is 10.6. The number of halogens is 1. The maximum Gasteiger partial charge on any atom is 0.188 e. The zero-order valence-corrected chi connectivity index (χ0v) is 11.1. The molecule has 0 fully saturated rings. The van der Waals surface area contributed by atoms with Crippen molar-refractivity contribution >= 4 is 48.9 Å². The summed E-state index contributed by atoms with van der Waals surface area (Å²) in [7, 11) is 0. The third kappa shape index (κ3) is 2.16. The van der Waals surface area contributed by atoms with E-state index in [4.69, 9.17) is 0 Å². The van der Waals surface area contributed by atoms with Crippen molar-refractivity contribution in [2.45, 2.75) is 0 Å². The Labute approximate surface area is 111 Å². The van der Waals surface area contributed by atoms with E-state index in [2.05, 4.69) is 37.3 Å². The fourth-order valence-corrected chi connectivity index (χ4v) is 2.81. The summed E-state index contributed by atoms with van der Waals surface area (Å²) in [4.78, 5) is 8.47. The number of aromatic nitrogens is 2. The quantitative estimate of drug-likeness (QED) is 0.771. The van der Waals surface area contributed by atoms with E-state index in [1.165, 1.54) is 5.39 Å². The maximum absolute atomic E-state index is 4.32. The molecule has 1 N–H and O–H groups in total. The van der Waals surface area contributed by atoms with Gasteiger partial charge in [-0.1, -0.05) is 12.1 Å². The topological polar surface area (TPSA) is 37.8 Å². The van der Waals surface area contributed by atoms with Crippen molar-refractivity contribution in [1.82, 2.24) is 9.97 Å². The lowest BCUT2D eigenvalue weighted by Crippen LogP contribution is -1.90. The molecule has 0 spiro atoms. The standard InChI is InChI=1S/C12H8BrN3S/c13-11-7-17-12(16-11)15-10-3-1-2-8-4-5-14-6-9(8)10/h1-7H,(H,15,16). The van der Waals surface area contributed by atoms with Crippen LogP contribution in [0.3, 0.4) is 0 Å². The minimum atomic E-state index is 0.850. The number of rotatable bonds is 2. The van der Waals surface area contributed by atoms with Gasteiger partial charge in [-0.2, -0.15) is 0 Å². The molecule has 0 bridgehead atoms. The Balaban J connectivity index is 2.05. The molecule has 0 aliphatic rings. The van der Waals surface area contributed by atoms with Gasteiger partial charge in [0.15, 0.2) is 5.13 Å². The Bertz CT molecular complexity index is 660. The fourth-order valence-electron chi connectivity index (χ4n) is 1.65. The first kappa shape index (κ1) is 10.7. The molecule has 3 rings (SSSR count). The third-order valence-corrected chi connectivity index (χ3v) is 3.87. The molecule has 0 unspecified atom stereocenters. The number of pyridine rings is 1. The van der Waals surface area contributed by atoms with Crippen LogP contribution in [0.2, 0.25) is 0 Å². The molecule has 0 radical (unpaired) electrons. The van der Waals surface area contributed by atoms with Crippen LogP contribution < -0.4 is 5.32 Å². The summed E-state index contributed by atoms with van der Waals surface area (Å²) in [5.74, 6) is 0. The molecule has 0 aliphatic heterocycles. The minimum absolute atomic E-state index is 0.850. The molecule has 0 aliphatic carbocycles. The third-order valence-electron chi connectivity index (χ3n) is 2.40. The van der Waals surface area contributed by atoms with Gasteiger partial charge in [0.25, 0.3) is 0 Å². The van der Waals surface area contributed by atoms with E-state index in [1.54, 1.807) is 17.5 Å². The minimum Gasteiger partial charge on any atom is -0.331 e. The van der Waals surface area contributed by atoms with Crippen LogP contribution in [-0.2, 0) is 0 Å². The lowest BCUT2D eigenvalue weighted by atomic mass is 10.1. The molecule has 2 heterocycles. The smallest absolute Gasteiger partial charge is 0.188 e. The second kappa shape index (κ2) is 4.43. The summed E-state index contributed by atoms with van der Waals surface area (Å²) in [6, 6.07) is 8.12. The van der Waals surface area contributed by atoms with Crippen LogP contribution in [0.1, 0.15) is 0 Å².